The van der Waals surface area contributed by atoms with Gasteiger partial charge in [-0.1, -0.05) is 12.1 Å². The molecule has 0 saturated heterocycles. The van der Waals surface area contributed by atoms with Gasteiger partial charge in [-0.2, -0.15) is 5.26 Å². The second kappa shape index (κ2) is 6.34. The Balaban J connectivity index is 2.01. The Bertz CT molecular complexity index is 640. The summed E-state index contributed by atoms with van der Waals surface area (Å²) in [4.78, 5) is 11.7. The number of nitrogens with zero attached hydrogens (tertiary/aromatic N) is 1. The Labute approximate surface area is 115 Å². The summed E-state index contributed by atoms with van der Waals surface area (Å²) < 4.78 is 17.8. The summed E-state index contributed by atoms with van der Waals surface area (Å²) in [6, 6.07) is 9.92. The smallest absolute Gasteiger partial charge is 0.245 e. The van der Waals surface area contributed by atoms with Crippen LogP contribution in [-0.2, 0) is 4.79 Å². The van der Waals surface area contributed by atoms with Gasteiger partial charge in [0.2, 0.25) is 5.91 Å². The average Bonchev–Trinajstić information content (AvgIpc) is 2.97. The van der Waals surface area contributed by atoms with Crippen molar-refractivity contribution in [3.05, 3.63) is 65.9 Å². The van der Waals surface area contributed by atoms with Gasteiger partial charge in [0.05, 0.1) is 12.3 Å². The van der Waals surface area contributed by atoms with Crippen molar-refractivity contribution in [1.82, 2.24) is 5.32 Å². The Hall–Kier alpha value is -2.87. The molecule has 0 fully saturated rings. The monoisotopic (exact) mass is 270 g/mol. The van der Waals surface area contributed by atoms with Crippen molar-refractivity contribution in [2.45, 2.75) is 6.04 Å². The third-order valence-corrected chi connectivity index (χ3v) is 2.56. The lowest BCUT2D eigenvalue weighted by molar-refractivity contribution is -0.116. The highest BCUT2D eigenvalue weighted by molar-refractivity contribution is 5.91. The molecule has 0 spiro atoms. The highest BCUT2D eigenvalue weighted by atomic mass is 19.1. The van der Waals surface area contributed by atoms with Gasteiger partial charge >= 0.3 is 0 Å². The van der Waals surface area contributed by atoms with Crippen LogP contribution in [0.25, 0.3) is 6.08 Å². The predicted molar refractivity (Wildman–Crippen MR) is 70.6 cm³/mol. The third-order valence-electron chi connectivity index (χ3n) is 2.56. The van der Waals surface area contributed by atoms with Gasteiger partial charge in [0, 0.05) is 6.08 Å². The number of benzene rings is 1. The molecule has 1 heterocycles. The molecule has 0 aliphatic carbocycles. The van der Waals surface area contributed by atoms with Crippen LogP contribution in [0.1, 0.15) is 17.4 Å². The highest BCUT2D eigenvalue weighted by Gasteiger charge is 2.12. The topological polar surface area (TPSA) is 66.0 Å². The lowest BCUT2D eigenvalue weighted by Gasteiger charge is -2.10. The number of halogens is 1. The van der Waals surface area contributed by atoms with Crippen LogP contribution < -0.4 is 5.32 Å². The lowest BCUT2D eigenvalue weighted by atomic mass is 10.1. The summed E-state index contributed by atoms with van der Waals surface area (Å²) in [5, 5.41) is 11.6. The van der Waals surface area contributed by atoms with Gasteiger partial charge in [0.1, 0.15) is 17.6 Å². The molecule has 0 bridgehead atoms. The molecule has 100 valence electrons. The second-order valence-electron chi connectivity index (χ2n) is 3.97. The normalized spacial score (nSPS) is 12.0. The van der Waals surface area contributed by atoms with Gasteiger partial charge in [-0.3, -0.25) is 4.79 Å². The van der Waals surface area contributed by atoms with E-state index < -0.39 is 17.8 Å². The fourth-order valence-electron chi connectivity index (χ4n) is 1.58. The number of amides is 1. The van der Waals surface area contributed by atoms with Crippen molar-refractivity contribution in [1.29, 1.82) is 5.26 Å². The van der Waals surface area contributed by atoms with Crippen LogP contribution in [0.15, 0.2) is 53.2 Å². The van der Waals surface area contributed by atoms with Gasteiger partial charge in [-0.25, -0.2) is 4.39 Å². The summed E-state index contributed by atoms with van der Waals surface area (Å²) in [5.41, 5.74) is 0.522. The van der Waals surface area contributed by atoms with Crippen LogP contribution in [0, 0.1) is 17.1 Å². The number of carbonyl (C=O) groups excluding carboxylic acids is 1. The first-order chi connectivity index (χ1) is 9.69. The van der Waals surface area contributed by atoms with E-state index in [2.05, 4.69) is 5.32 Å². The SMILES string of the molecule is N#C[C@H](NC(=O)/C=C/c1ccco1)c1ccc(F)cc1. The quantitative estimate of drug-likeness (QED) is 0.869. The maximum atomic E-state index is 12.8. The number of furan rings is 1. The van der Waals surface area contributed by atoms with Crippen molar-refractivity contribution in [2.24, 2.45) is 0 Å². The molecular weight excluding hydrogens is 259 g/mol. The molecule has 5 heteroatoms. The minimum atomic E-state index is -0.829. The molecule has 1 aromatic heterocycles. The molecule has 0 aliphatic rings. The molecule has 2 rings (SSSR count). The maximum Gasteiger partial charge on any atom is 0.245 e. The number of nitrogens with one attached hydrogen (secondary N) is 1. The summed E-state index contributed by atoms with van der Waals surface area (Å²) >= 11 is 0. The zero-order chi connectivity index (χ0) is 14.4. The molecule has 1 N–H and O–H groups in total. The van der Waals surface area contributed by atoms with Crippen molar-refractivity contribution in [2.75, 3.05) is 0 Å². The van der Waals surface area contributed by atoms with E-state index in [0.717, 1.165) is 0 Å². The van der Waals surface area contributed by atoms with E-state index in [4.69, 9.17) is 9.68 Å². The zero-order valence-corrected chi connectivity index (χ0v) is 10.4. The van der Waals surface area contributed by atoms with Crippen LogP contribution in [0.4, 0.5) is 4.39 Å². The summed E-state index contributed by atoms with van der Waals surface area (Å²) in [7, 11) is 0. The fourth-order valence-corrected chi connectivity index (χ4v) is 1.58. The van der Waals surface area contributed by atoms with Crippen LogP contribution in [-0.4, -0.2) is 5.91 Å². The molecule has 1 atom stereocenters. The molecular formula is C15H11FN2O2. The standard InChI is InChI=1S/C15H11FN2O2/c16-12-5-3-11(4-6-12)14(10-17)18-15(19)8-7-13-2-1-9-20-13/h1-9,14H,(H,18,19)/b8-7+/t14-/m0/s1. The average molecular weight is 270 g/mol. The maximum absolute atomic E-state index is 12.8. The first-order valence-electron chi connectivity index (χ1n) is 5.86. The first kappa shape index (κ1) is 13.6. The number of hydrogen-bond acceptors (Lipinski definition) is 3. The Morgan fingerprint density at radius 1 is 1.35 bits per heavy atom. The number of rotatable bonds is 4. The second-order valence-corrected chi connectivity index (χ2v) is 3.97. The molecule has 0 aliphatic heterocycles. The van der Waals surface area contributed by atoms with E-state index in [1.165, 1.54) is 42.7 Å². The van der Waals surface area contributed by atoms with Crippen molar-refractivity contribution in [3.8, 4) is 6.07 Å². The molecule has 1 amide bonds. The minimum Gasteiger partial charge on any atom is -0.465 e. The molecule has 2 aromatic rings. The number of carbonyl (C=O) groups is 1. The molecule has 1 aromatic carbocycles. The van der Waals surface area contributed by atoms with Crippen LogP contribution in [0.5, 0.6) is 0 Å². The van der Waals surface area contributed by atoms with E-state index in [1.54, 1.807) is 12.1 Å². The first-order valence-corrected chi connectivity index (χ1v) is 5.86. The molecule has 0 unspecified atom stereocenters. The van der Waals surface area contributed by atoms with E-state index in [9.17, 15) is 9.18 Å². The molecule has 20 heavy (non-hydrogen) atoms. The van der Waals surface area contributed by atoms with E-state index >= 15 is 0 Å². The van der Waals surface area contributed by atoms with Crippen LogP contribution >= 0.6 is 0 Å². The number of hydrogen-bond donors (Lipinski definition) is 1. The molecule has 0 radical (unpaired) electrons. The van der Waals surface area contributed by atoms with E-state index in [0.29, 0.717) is 11.3 Å². The molecule has 4 nitrogen and oxygen atoms in total. The Kier molecular flexibility index (Phi) is 4.30. The van der Waals surface area contributed by atoms with Gasteiger partial charge in [0.25, 0.3) is 0 Å². The number of nitriles is 1. The van der Waals surface area contributed by atoms with Crippen molar-refractivity contribution in [3.63, 3.8) is 0 Å². The summed E-state index contributed by atoms with van der Waals surface area (Å²) in [5.74, 6) is -0.290. The fraction of sp³-hybridized carbons (Fsp3) is 0.0667. The highest BCUT2D eigenvalue weighted by Crippen LogP contribution is 2.13. The molecule has 0 saturated carbocycles. The Morgan fingerprint density at radius 3 is 2.70 bits per heavy atom. The van der Waals surface area contributed by atoms with Crippen LogP contribution in [0.2, 0.25) is 0 Å². The van der Waals surface area contributed by atoms with Gasteiger partial charge < -0.3 is 9.73 Å². The largest absolute Gasteiger partial charge is 0.465 e. The van der Waals surface area contributed by atoms with Gasteiger partial charge in [-0.15, -0.1) is 0 Å². The third kappa shape index (κ3) is 3.56. The van der Waals surface area contributed by atoms with E-state index in [1.807, 2.05) is 6.07 Å². The Morgan fingerprint density at radius 2 is 2.10 bits per heavy atom. The predicted octanol–water partition coefficient (Wildman–Crippen LogP) is 2.81. The summed E-state index contributed by atoms with van der Waals surface area (Å²) in [6.45, 7) is 0. The van der Waals surface area contributed by atoms with Crippen molar-refractivity contribution < 1.29 is 13.6 Å². The van der Waals surface area contributed by atoms with Gasteiger partial charge in [0.15, 0.2) is 0 Å². The minimum absolute atomic E-state index is 0.394. The van der Waals surface area contributed by atoms with Gasteiger partial charge in [-0.05, 0) is 35.9 Å². The summed E-state index contributed by atoms with van der Waals surface area (Å²) in [6.07, 6.45) is 4.26. The van der Waals surface area contributed by atoms with E-state index in [-0.39, 0.29) is 0 Å². The lowest BCUT2D eigenvalue weighted by Crippen LogP contribution is -2.25. The van der Waals surface area contributed by atoms with Crippen molar-refractivity contribution >= 4 is 12.0 Å². The van der Waals surface area contributed by atoms with Crippen LogP contribution in [0.3, 0.4) is 0 Å². The zero-order valence-electron chi connectivity index (χ0n) is 10.4.